The van der Waals surface area contributed by atoms with Gasteiger partial charge in [0.15, 0.2) is 11.6 Å². The number of carboxylic acids is 1. The Morgan fingerprint density at radius 1 is 1.64 bits per heavy atom. The third-order valence-corrected chi connectivity index (χ3v) is 2.24. The first-order valence-electron chi connectivity index (χ1n) is 3.27. The molecule has 0 aromatic carbocycles. The minimum atomic E-state index is -1.00. The number of aliphatic carboxylic acids is 1. The normalized spacial score (nSPS) is 39.9. The average Bonchev–Trinajstić information content (AvgIpc) is 2.54. The number of halogens is 1. The molecule has 0 aliphatic heterocycles. The van der Waals surface area contributed by atoms with Crippen molar-refractivity contribution in [2.24, 2.45) is 17.8 Å². The van der Waals surface area contributed by atoms with Crippen LogP contribution in [0.4, 0.5) is 4.39 Å². The van der Waals surface area contributed by atoms with E-state index in [1.165, 1.54) is 0 Å². The number of hydrogen-bond acceptors (Lipinski definition) is 2. The molecule has 3 nitrogen and oxygen atoms in total. The number of fused-ring (bicyclic) bond motifs is 1. The molecule has 1 N–H and O–H groups in total. The Morgan fingerprint density at radius 3 is 2.64 bits per heavy atom. The van der Waals surface area contributed by atoms with Gasteiger partial charge in [-0.05, 0) is 6.08 Å². The van der Waals surface area contributed by atoms with E-state index in [9.17, 15) is 14.0 Å². The fourth-order valence-corrected chi connectivity index (χ4v) is 1.61. The summed E-state index contributed by atoms with van der Waals surface area (Å²) < 4.78 is 12.4. The van der Waals surface area contributed by atoms with Gasteiger partial charge in [-0.1, -0.05) is 0 Å². The van der Waals surface area contributed by atoms with E-state index in [1.807, 2.05) is 0 Å². The molecule has 4 heteroatoms. The first-order chi connectivity index (χ1) is 5.13. The highest BCUT2D eigenvalue weighted by Gasteiger charge is 2.62. The monoisotopic (exact) mass is 156 g/mol. The molecule has 2 aliphatic rings. The third-order valence-electron chi connectivity index (χ3n) is 2.24. The molecule has 2 rings (SSSR count). The molecule has 3 atom stereocenters. The molecular weight excluding hydrogens is 151 g/mol. The largest absolute Gasteiger partial charge is 0.481 e. The van der Waals surface area contributed by atoms with Crippen molar-refractivity contribution in [1.82, 2.24) is 0 Å². The Balaban J connectivity index is 2.22. The van der Waals surface area contributed by atoms with Crippen LogP contribution in [0.25, 0.3) is 0 Å². The van der Waals surface area contributed by atoms with Crippen LogP contribution in [0, 0.1) is 17.8 Å². The lowest BCUT2D eigenvalue weighted by Gasteiger charge is -1.91. The minimum absolute atomic E-state index is 0.361. The molecule has 0 heterocycles. The van der Waals surface area contributed by atoms with Crippen LogP contribution < -0.4 is 0 Å². The Morgan fingerprint density at radius 2 is 2.27 bits per heavy atom. The lowest BCUT2D eigenvalue weighted by molar-refractivity contribution is -0.140. The van der Waals surface area contributed by atoms with Gasteiger partial charge in [-0.3, -0.25) is 9.59 Å². The third kappa shape index (κ3) is 0.664. The number of carboxylic acid groups (broad SMARTS) is 1. The van der Waals surface area contributed by atoms with Crippen molar-refractivity contribution in [3.63, 3.8) is 0 Å². The molecule has 0 bridgehead atoms. The molecule has 1 fully saturated rings. The SMILES string of the molecule is O=C(O)C1C2C=C(F)C(=O)C21. The van der Waals surface area contributed by atoms with Crippen molar-refractivity contribution in [2.75, 3.05) is 0 Å². The van der Waals surface area contributed by atoms with E-state index in [4.69, 9.17) is 5.11 Å². The Hall–Kier alpha value is -1.19. The molecule has 0 spiro atoms. The van der Waals surface area contributed by atoms with Crippen LogP contribution in [0.5, 0.6) is 0 Å². The standard InChI is InChI=1S/C7H5FO3/c8-3-1-2-4(6(3)9)5(2)7(10)11/h1-2,4-5H,(H,10,11). The van der Waals surface area contributed by atoms with Gasteiger partial charge in [0.2, 0.25) is 0 Å². The molecule has 58 valence electrons. The maximum absolute atomic E-state index is 12.4. The highest BCUT2D eigenvalue weighted by molar-refractivity contribution is 6.04. The van der Waals surface area contributed by atoms with Gasteiger partial charge in [-0.2, -0.15) is 0 Å². The molecule has 0 radical (unpaired) electrons. The van der Waals surface area contributed by atoms with Crippen LogP contribution in [0.15, 0.2) is 11.9 Å². The molecule has 2 aliphatic carbocycles. The van der Waals surface area contributed by atoms with Gasteiger partial charge in [-0.15, -0.1) is 0 Å². The first kappa shape index (κ1) is 6.52. The second-order valence-corrected chi connectivity index (χ2v) is 2.85. The van der Waals surface area contributed by atoms with Gasteiger partial charge in [0.05, 0.1) is 5.92 Å². The Kier molecular flexibility index (Phi) is 1.00. The van der Waals surface area contributed by atoms with E-state index >= 15 is 0 Å². The van der Waals surface area contributed by atoms with E-state index in [0.717, 1.165) is 6.08 Å². The molecule has 0 saturated heterocycles. The minimum Gasteiger partial charge on any atom is -0.481 e. The number of carbonyl (C=O) groups is 2. The molecule has 1 saturated carbocycles. The topological polar surface area (TPSA) is 54.4 Å². The molecular formula is C7H5FO3. The summed E-state index contributed by atoms with van der Waals surface area (Å²) in [5.74, 6) is -4.01. The summed E-state index contributed by atoms with van der Waals surface area (Å²) in [6.07, 6.45) is 1.12. The Labute approximate surface area is 61.5 Å². The molecule has 0 amide bonds. The molecule has 0 aromatic heterocycles. The lowest BCUT2D eigenvalue weighted by atomic mass is 10.2. The number of ketones is 1. The van der Waals surface area contributed by atoms with Crippen LogP contribution in [0.1, 0.15) is 0 Å². The molecule has 11 heavy (non-hydrogen) atoms. The van der Waals surface area contributed by atoms with Gasteiger partial charge in [0.1, 0.15) is 0 Å². The maximum Gasteiger partial charge on any atom is 0.307 e. The average molecular weight is 156 g/mol. The molecule has 0 aromatic rings. The van der Waals surface area contributed by atoms with Crippen LogP contribution in [-0.2, 0) is 9.59 Å². The summed E-state index contributed by atoms with van der Waals surface area (Å²) in [4.78, 5) is 21.1. The van der Waals surface area contributed by atoms with Crippen molar-refractivity contribution >= 4 is 11.8 Å². The van der Waals surface area contributed by atoms with Gasteiger partial charge < -0.3 is 5.11 Å². The number of rotatable bonds is 1. The summed E-state index contributed by atoms with van der Waals surface area (Å²) in [6.45, 7) is 0. The highest BCUT2D eigenvalue weighted by Crippen LogP contribution is 2.54. The predicted molar refractivity (Wildman–Crippen MR) is 32.3 cm³/mol. The summed E-state index contributed by atoms with van der Waals surface area (Å²) >= 11 is 0. The summed E-state index contributed by atoms with van der Waals surface area (Å²) in [7, 11) is 0. The van der Waals surface area contributed by atoms with E-state index in [-0.39, 0.29) is 5.92 Å². The molecule has 3 unspecified atom stereocenters. The highest BCUT2D eigenvalue weighted by atomic mass is 19.1. The smallest absolute Gasteiger partial charge is 0.307 e. The fourth-order valence-electron chi connectivity index (χ4n) is 1.61. The van der Waals surface area contributed by atoms with Crippen molar-refractivity contribution in [2.45, 2.75) is 0 Å². The Bertz CT molecular complexity index is 281. The van der Waals surface area contributed by atoms with Crippen LogP contribution in [-0.4, -0.2) is 16.9 Å². The zero-order valence-electron chi connectivity index (χ0n) is 5.45. The fraction of sp³-hybridized carbons (Fsp3) is 0.429. The first-order valence-corrected chi connectivity index (χ1v) is 3.27. The van der Waals surface area contributed by atoms with E-state index in [1.54, 1.807) is 0 Å². The number of Topliss-reactive ketones (excluding diaryl/α,β-unsaturated/α-hetero) is 1. The summed E-state index contributed by atoms with van der Waals surface area (Å²) in [5, 5.41) is 8.46. The maximum atomic E-state index is 12.4. The van der Waals surface area contributed by atoms with E-state index in [2.05, 4.69) is 0 Å². The van der Waals surface area contributed by atoms with Crippen molar-refractivity contribution in [1.29, 1.82) is 0 Å². The van der Waals surface area contributed by atoms with Crippen molar-refractivity contribution in [3.8, 4) is 0 Å². The number of allylic oxidation sites excluding steroid dienone is 2. The zero-order valence-corrected chi connectivity index (χ0v) is 5.45. The second kappa shape index (κ2) is 1.69. The summed E-state index contributed by atoms with van der Waals surface area (Å²) in [5.41, 5.74) is 0. The van der Waals surface area contributed by atoms with E-state index in [0.29, 0.717) is 0 Å². The van der Waals surface area contributed by atoms with Crippen molar-refractivity contribution < 1.29 is 19.1 Å². The van der Waals surface area contributed by atoms with Crippen LogP contribution in [0.3, 0.4) is 0 Å². The van der Waals surface area contributed by atoms with E-state index < -0.39 is 29.4 Å². The quantitative estimate of drug-likeness (QED) is 0.596. The second-order valence-electron chi connectivity index (χ2n) is 2.85. The van der Waals surface area contributed by atoms with Crippen LogP contribution >= 0.6 is 0 Å². The van der Waals surface area contributed by atoms with Gasteiger partial charge in [0.25, 0.3) is 0 Å². The van der Waals surface area contributed by atoms with Gasteiger partial charge in [0, 0.05) is 11.8 Å². The lowest BCUT2D eigenvalue weighted by Crippen LogP contribution is -2.08. The predicted octanol–water partition coefficient (Wildman–Crippen LogP) is 0.369. The van der Waals surface area contributed by atoms with Gasteiger partial charge >= 0.3 is 5.97 Å². The van der Waals surface area contributed by atoms with Crippen molar-refractivity contribution in [3.05, 3.63) is 11.9 Å². The summed E-state index contributed by atoms with van der Waals surface area (Å²) in [6, 6.07) is 0. The number of carbonyl (C=O) groups excluding carboxylic acids is 1. The van der Waals surface area contributed by atoms with Gasteiger partial charge in [-0.25, -0.2) is 4.39 Å². The zero-order chi connectivity index (χ0) is 8.17. The number of hydrogen-bond donors (Lipinski definition) is 1. The van der Waals surface area contributed by atoms with Crippen LogP contribution in [0.2, 0.25) is 0 Å².